The summed E-state index contributed by atoms with van der Waals surface area (Å²) in [5.74, 6) is 2.19. The molecule has 0 heteroatoms. The van der Waals surface area contributed by atoms with Crippen LogP contribution in [0.15, 0.2) is 0 Å². The van der Waals surface area contributed by atoms with Gasteiger partial charge < -0.3 is 0 Å². The van der Waals surface area contributed by atoms with Gasteiger partial charge in [0.2, 0.25) is 0 Å². The molecule has 2 rings (SSSR count). The zero-order chi connectivity index (χ0) is 5.78. The average molecular weight is 110 g/mol. The van der Waals surface area contributed by atoms with E-state index in [1.165, 1.54) is 19.3 Å². The standard InChI is InChI=1S/C8H14/c1-6-7-4-3-5-8(6,7)2/h6-7H,3-5H2,1-2H3/t6-,7?,8?/m0/s1. The second-order valence-electron chi connectivity index (χ2n) is 3.79. The zero-order valence-corrected chi connectivity index (χ0v) is 5.78. The Kier molecular flexibility index (Phi) is 0.678. The van der Waals surface area contributed by atoms with Gasteiger partial charge in [0.25, 0.3) is 0 Å². The Labute approximate surface area is 51.3 Å². The molecule has 8 heavy (non-hydrogen) atoms. The summed E-state index contributed by atoms with van der Waals surface area (Å²) in [5.41, 5.74) is 0.819. The van der Waals surface area contributed by atoms with Crippen molar-refractivity contribution in [2.24, 2.45) is 17.3 Å². The van der Waals surface area contributed by atoms with Crippen LogP contribution in [0.3, 0.4) is 0 Å². The SMILES string of the molecule is C[C@H]1C2CCCC21C. The second-order valence-corrected chi connectivity index (χ2v) is 3.79. The highest BCUT2D eigenvalue weighted by atomic mass is 14.6. The molecular formula is C8H14. The summed E-state index contributed by atoms with van der Waals surface area (Å²) < 4.78 is 0. The first-order valence-electron chi connectivity index (χ1n) is 3.75. The van der Waals surface area contributed by atoms with Gasteiger partial charge in [-0.2, -0.15) is 0 Å². The van der Waals surface area contributed by atoms with E-state index in [4.69, 9.17) is 0 Å². The third-order valence-corrected chi connectivity index (χ3v) is 3.61. The Balaban J connectivity index is 2.18. The van der Waals surface area contributed by atoms with Crippen molar-refractivity contribution < 1.29 is 0 Å². The lowest BCUT2D eigenvalue weighted by molar-refractivity contribution is 0.494. The Bertz CT molecular complexity index is 117. The summed E-state index contributed by atoms with van der Waals surface area (Å²) >= 11 is 0. The molecule has 3 atom stereocenters. The van der Waals surface area contributed by atoms with E-state index < -0.39 is 0 Å². The van der Waals surface area contributed by atoms with Gasteiger partial charge >= 0.3 is 0 Å². The summed E-state index contributed by atoms with van der Waals surface area (Å²) in [4.78, 5) is 0. The minimum atomic E-state index is 0.819. The number of fused-ring (bicyclic) bond motifs is 1. The van der Waals surface area contributed by atoms with Crippen LogP contribution in [0, 0.1) is 17.3 Å². The number of rotatable bonds is 0. The molecule has 2 saturated carbocycles. The van der Waals surface area contributed by atoms with Gasteiger partial charge in [-0.25, -0.2) is 0 Å². The van der Waals surface area contributed by atoms with Crippen LogP contribution >= 0.6 is 0 Å². The first-order chi connectivity index (χ1) is 3.75. The highest BCUT2D eigenvalue weighted by molar-refractivity contribution is 5.08. The lowest BCUT2D eigenvalue weighted by Crippen LogP contribution is -1.91. The topological polar surface area (TPSA) is 0 Å². The molecule has 2 fully saturated rings. The predicted molar refractivity (Wildman–Crippen MR) is 34.6 cm³/mol. The molecular weight excluding hydrogens is 96.1 g/mol. The van der Waals surface area contributed by atoms with Gasteiger partial charge in [-0.1, -0.05) is 20.3 Å². The van der Waals surface area contributed by atoms with E-state index in [0.29, 0.717) is 0 Å². The molecule has 0 aromatic heterocycles. The van der Waals surface area contributed by atoms with Crippen molar-refractivity contribution >= 4 is 0 Å². The van der Waals surface area contributed by atoms with Crippen molar-refractivity contribution in [2.75, 3.05) is 0 Å². The van der Waals surface area contributed by atoms with Gasteiger partial charge in [0, 0.05) is 0 Å². The van der Waals surface area contributed by atoms with Crippen LogP contribution < -0.4 is 0 Å². The maximum Gasteiger partial charge on any atom is -0.0266 e. The minimum absolute atomic E-state index is 0.819. The first-order valence-corrected chi connectivity index (χ1v) is 3.75. The Morgan fingerprint density at radius 2 is 2.25 bits per heavy atom. The molecule has 0 nitrogen and oxygen atoms in total. The van der Waals surface area contributed by atoms with Gasteiger partial charge in [-0.15, -0.1) is 0 Å². The van der Waals surface area contributed by atoms with Crippen LogP contribution in [-0.4, -0.2) is 0 Å². The molecule has 46 valence electrons. The van der Waals surface area contributed by atoms with Crippen LogP contribution in [0.5, 0.6) is 0 Å². The highest BCUT2D eigenvalue weighted by Crippen LogP contribution is 2.67. The third kappa shape index (κ3) is 0.340. The number of hydrogen-bond acceptors (Lipinski definition) is 0. The molecule has 0 bridgehead atoms. The highest BCUT2D eigenvalue weighted by Gasteiger charge is 2.59. The van der Waals surface area contributed by atoms with Crippen LogP contribution in [0.25, 0.3) is 0 Å². The van der Waals surface area contributed by atoms with Gasteiger partial charge in [0.05, 0.1) is 0 Å². The van der Waals surface area contributed by atoms with Crippen LogP contribution in [0.1, 0.15) is 33.1 Å². The molecule has 0 heterocycles. The zero-order valence-electron chi connectivity index (χ0n) is 5.78. The maximum absolute atomic E-state index is 2.45. The molecule has 0 amide bonds. The molecule has 0 aliphatic heterocycles. The fraction of sp³-hybridized carbons (Fsp3) is 1.00. The average Bonchev–Trinajstić information content (AvgIpc) is 2.23. The smallest absolute Gasteiger partial charge is 0.0266 e. The van der Waals surface area contributed by atoms with E-state index in [1.807, 2.05) is 0 Å². The lowest BCUT2D eigenvalue weighted by atomic mass is 10.0. The van der Waals surface area contributed by atoms with E-state index >= 15 is 0 Å². The van der Waals surface area contributed by atoms with Gasteiger partial charge in [0.15, 0.2) is 0 Å². The largest absolute Gasteiger partial charge is 0.0617 e. The van der Waals surface area contributed by atoms with E-state index in [0.717, 1.165) is 17.3 Å². The first kappa shape index (κ1) is 4.84. The summed E-state index contributed by atoms with van der Waals surface area (Å²) in [6, 6.07) is 0. The normalized spacial score (nSPS) is 60.8. The Morgan fingerprint density at radius 1 is 1.50 bits per heavy atom. The molecule has 2 unspecified atom stereocenters. The summed E-state index contributed by atoms with van der Waals surface area (Å²) in [5, 5.41) is 0. The molecule has 0 spiro atoms. The monoisotopic (exact) mass is 110 g/mol. The fourth-order valence-electron chi connectivity index (χ4n) is 2.61. The quantitative estimate of drug-likeness (QED) is 0.449. The van der Waals surface area contributed by atoms with Crippen molar-refractivity contribution in [1.82, 2.24) is 0 Å². The molecule has 0 N–H and O–H groups in total. The molecule has 0 saturated heterocycles. The molecule has 0 aromatic carbocycles. The van der Waals surface area contributed by atoms with E-state index in [2.05, 4.69) is 13.8 Å². The van der Waals surface area contributed by atoms with E-state index in [9.17, 15) is 0 Å². The van der Waals surface area contributed by atoms with Crippen molar-refractivity contribution in [3.05, 3.63) is 0 Å². The van der Waals surface area contributed by atoms with Crippen LogP contribution in [0.4, 0.5) is 0 Å². The number of hydrogen-bond donors (Lipinski definition) is 0. The molecule has 0 radical (unpaired) electrons. The lowest BCUT2D eigenvalue weighted by Gasteiger charge is -2.01. The van der Waals surface area contributed by atoms with Crippen LogP contribution in [0.2, 0.25) is 0 Å². The Hall–Kier alpha value is 0. The van der Waals surface area contributed by atoms with Gasteiger partial charge in [-0.3, -0.25) is 0 Å². The third-order valence-electron chi connectivity index (χ3n) is 3.61. The molecule has 2 aliphatic carbocycles. The summed E-state index contributed by atoms with van der Waals surface area (Å²) in [6.07, 6.45) is 4.54. The second kappa shape index (κ2) is 1.12. The molecule has 0 aromatic rings. The Morgan fingerprint density at radius 3 is 2.50 bits per heavy atom. The maximum atomic E-state index is 2.45. The van der Waals surface area contributed by atoms with E-state index in [1.54, 1.807) is 0 Å². The van der Waals surface area contributed by atoms with Crippen molar-refractivity contribution in [3.63, 3.8) is 0 Å². The summed E-state index contributed by atoms with van der Waals surface area (Å²) in [7, 11) is 0. The van der Waals surface area contributed by atoms with Crippen molar-refractivity contribution in [2.45, 2.75) is 33.1 Å². The predicted octanol–water partition coefficient (Wildman–Crippen LogP) is 2.44. The fourth-order valence-corrected chi connectivity index (χ4v) is 2.61. The summed E-state index contributed by atoms with van der Waals surface area (Å²) in [6.45, 7) is 4.86. The van der Waals surface area contributed by atoms with Crippen LogP contribution in [-0.2, 0) is 0 Å². The van der Waals surface area contributed by atoms with E-state index in [-0.39, 0.29) is 0 Å². The minimum Gasteiger partial charge on any atom is -0.0617 e. The van der Waals surface area contributed by atoms with Crippen molar-refractivity contribution in [1.29, 1.82) is 0 Å². The van der Waals surface area contributed by atoms with Gasteiger partial charge in [0.1, 0.15) is 0 Å². The van der Waals surface area contributed by atoms with Gasteiger partial charge in [-0.05, 0) is 30.1 Å². The molecule has 2 aliphatic rings. The van der Waals surface area contributed by atoms with Crippen molar-refractivity contribution in [3.8, 4) is 0 Å².